The van der Waals surface area contributed by atoms with E-state index in [1.165, 1.54) is 16.2 Å². The summed E-state index contributed by atoms with van der Waals surface area (Å²) >= 11 is 1.33. The number of nitrogens with zero attached hydrogens (tertiary/aromatic N) is 2. The van der Waals surface area contributed by atoms with Gasteiger partial charge in [-0.15, -0.1) is 11.3 Å². The van der Waals surface area contributed by atoms with E-state index in [4.69, 9.17) is 9.15 Å². The van der Waals surface area contributed by atoms with Crippen molar-refractivity contribution in [3.05, 3.63) is 53.7 Å². The Kier molecular flexibility index (Phi) is 3.95. The summed E-state index contributed by atoms with van der Waals surface area (Å²) in [6.07, 6.45) is 1.18. The van der Waals surface area contributed by atoms with E-state index >= 15 is 0 Å². The topological polar surface area (TPSA) is 84.7 Å². The maximum Gasteiger partial charge on any atom is 0.414 e. The van der Waals surface area contributed by atoms with Crippen LogP contribution in [0, 0.1) is 0 Å². The van der Waals surface area contributed by atoms with E-state index in [1.54, 1.807) is 48.0 Å². The average molecular weight is 355 g/mol. The van der Waals surface area contributed by atoms with Gasteiger partial charge in [0.25, 0.3) is 5.91 Å². The van der Waals surface area contributed by atoms with E-state index in [1.807, 2.05) is 0 Å². The summed E-state index contributed by atoms with van der Waals surface area (Å²) in [6, 6.07) is 10.6. The van der Waals surface area contributed by atoms with Crippen molar-refractivity contribution in [1.29, 1.82) is 0 Å². The van der Waals surface area contributed by atoms with Crippen LogP contribution >= 0.6 is 11.3 Å². The first-order valence-electron chi connectivity index (χ1n) is 7.56. The summed E-state index contributed by atoms with van der Waals surface area (Å²) in [6.45, 7) is 0.860. The van der Waals surface area contributed by atoms with E-state index in [2.05, 4.69) is 10.3 Å². The van der Waals surface area contributed by atoms with Gasteiger partial charge in [-0.05, 0) is 30.3 Å². The molecule has 1 saturated heterocycles. The Morgan fingerprint density at radius 1 is 1.28 bits per heavy atom. The Bertz CT molecular complexity index is 920. The fourth-order valence-electron chi connectivity index (χ4n) is 2.47. The molecule has 0 radical (unpaired) electrons. The molecule has 2 amide bonds. The fourth-order valence-corrected chi connectivity index (χ4v) is 3.23. The number of thiazole rings is 1. The first kappa shape index (κ1) is 15.4. The van der Waals surface area contributed by atoms with Gasteiger partial charge in [-0.2, -0.15) is 0 Å². The molecule has 1 aliphatic heterocycles. The lowest BCUT2D eigenvalue weighted by Gasteiger charge is -2.14. The van der Waals surface area contributed by atoms with Gasteiger partial charge in [0.05, 0.1) is 12.8 Å². The van der Waals surface area contributed by atoms with Crippen LogP contribution in [0.1, 0.15) is 10.5 Å². The molecule has 126 valence electrons. The number of furan rings is 1. The van der Waals surface area contributed by atoms with E-state index in [9.17, 15) is 9.59 Å². The van der Waals surface area contributed by atoms with Crippen LogP contribution in [0.15, 0.2) is 52.5 Å². The van der Waals surface area contributed by atoms with Crippen molar-refractivity contribution in [2.75, 3.05) is 23.4 Å². The number of carbonyl (C=O) groups excluding carboxylic acids is 2. The molecule has 25 heavy (non-hydrogen) atoms. The first-order chi connectivity index (χ1) is 12.2. The highest BCUT2D eigenvalue weighted by molar-refractivity contribution is 7.13. The minimum atomic E-state index is -0.383. The largest absolute Gasteiger partial charge is 0.462 e. The van der Waals surface area contributed by atoms with Crippen molar-refractivity contribution in [3.8, 4) is 10.8 Å². The van der Waals surface area contributed by atoms with Gasteiger partial charge in [0.1, 0.15) is 12.3 Å². The number of hydrogen-bond acceptors (Lipinski definition) is 6. The van der Waals surface area contributed by atoms with Gasteiger partial charge in [-0.25, -0.2) is 9.78 Å². The summed E-state index contributed by atoms with van der Waals surface area (Å²) < 4.78 is 10.2. The Balaban J connectivity index is 1.50. The van der Waals surface area contributed by atoms with Crippen molar-refractivity contribution in [2.45, 2.75) is 0 Å². The molecule has 0 bridgehead atoms. The minimum Gasteiger partial charge on any atom is -0.462 e. The van der Waals surface area contributed by atoms with E-state index in [0.29, 0.717) is 41.0 Å². The van der Waals surface area contributed by atoms with Crippen LogP contribution < -0.4 is 10.2 Å². The zero-order chi connectivity index (χ0) is 17.2. The van der Waals surface area contributed by atoms with Crippen molar-refractivity contribution in [1.82, 2.24) is 4.98 Å². The highest BCUT2D eigenvalue weighted by Crippen LogP contribution is 2.25. The van der Waals surface area contributed by atoms with Crippen LogP contribution in [0.3, 0.4) is 0 Å². The second kappa shape index (κ2) is 6.40. The smallest absolute Gasteiger partial charge is 0.414 e. The lowest BCUT2D eigenvalue weighted by Crippen LogP contribution is -2.23. The summed E-state index contributed by atoms with van der Waals surface area (Å²) in [5.41, 5.74) is 1.56. The van der Waals surface area contributed by atoms with Gasteiger partial charge in [-0.1, -0.05) is 6.07 Å². The predicted molar refractivity (Wildman–Crippen MR) is 92.9 cm³/mol. The Hall–Kier alpha value is -3.13. The Morgan fingerprint density at radius 3 is 2.96 bits per heavy atom. The number of benzene rings is 1. The molecule has 0 aliphatic carbocycles. The van der Waals surface area contributed by atoms with E-state index in [0.717, 1.165) is 0 Å². The molecule has 0 spiro atoms. The number of nitrogens with one attached hydrogen (secondary N) is 1. The lowest BCUT2D eigenvalue weighted by molar-refractivity contribution is 0.102. The van der Waals surface area contributed by atoms with Crippen molar-refractivity contribution < 1.29 is 18.7 Å². The number of carbonyl (C=O) groups is 2. The van der Waals surface area contributed by atoms with Gasteiger partial charge in [0.15, 0.2) is 10.8 Å². The van der Waals surface area contributed by atoms with Crippen LogP contribution in [0.2, 0.25) is 0 Å². The number of amides is 2. The molecule has 1 aliphatic rings. The van der Waals surface area contributed by atoms with Crippen LogP contribution in [-0.2, 0) is 4.74 Å². The zero-order valence-electron chi connectivity index (χ0n) is 13.0. The minimum absolute atomic E-state index is 0.308. The normalized spacial score (nSPS) is 13.8. The summed E-state index contributed by atoms with van der Waals surface area (Å²) in [7, 11) is 0. The standard InChI is InChI=1S/C17H13N3O4S/c21-15(13-10-25-16(19-13)14-5-2-7-23-14)18-11-3-1-4-12(9-11)20-6-8-24-17(20)22/h1-5,7,9-10H,6,8H2,(H,18,21). The van der Waals surface area contributed by atoms with Crippen LogP contribution in [0.4, 0.5) is 16.2 Å². The summed E-state index contributed by atoms with van der Waals surface area (Å²) in [5.74, 6) is 0.300. The SMILES string of the molecule is O=C(Nc1cccc(N2CCOC2=O)c1)c1csc(-c2ccco2)n1. The first-order valence-corrected chi connectivity index (χ1v) is 8.44. The third-order valence-electron chi connectivity index (χ3n) is 3.65. The van der Waals surface area contributed by atoms with Crippen LogP contribution in [0.25, 0.3) is 10.8 Å². The van der Waals surface area contributed by atoms with Crippen molar-refractivity contribution in [3.63, 3.8) is 0 Å². The molecular formula is C17H13N3O4S. The molecule has 2 aromatic heterocycles. The predicted octanol–water partition coefficient (Wildman–Crippen LogP) is 3.61. The van der Waals surface area contributed by atoms with E-state index in [-0.39, 0.29) is 12.0 Å². The van der Waals surface area contributed by atoms with Crippen molar-refractivity contribution >= 4 is 34.7 Å². The third-order valence-corrected chi connectivity index (χ3v) is 4.50. The van der Waals surface area contributed by atoms with Gasteiger partial charge in [0.2, 0.25) is 0 Å². The number of hydrogen-bond donors (Lipinski definition) is 1. The summed E-state index contributed by atoms with van der Waals surface area (Å²) in [4.78, 5) is 29.8. The quantitative estimate of drug-likeness (QED) is 0.773. The molecular weight excluding hydrogens is 342 g/mol. The molecule has 0 saturated carbocycles. The third kappa shape index (κ3) is 3.11. The fraction of sp³-hybridized carbons (Fsp3) is 0.118. The maximum atomic E-state index is 12.4. The highest BCUT2D eigenvalue weighted by Gasteiger charge is 2.23. The molecule has 8 heteroatoms. The molecule has 1 N–H and O–H groups in total. The zero-order valence-corrected chi connectivity index (χ0v) is 13.8. The Labute approximate surface area is 146 Å². The average Bonchev–Trinajstić information content (AvgIpc) is 3.36. The van der Waals surface area contributed by atoms with Crippen LogP contribution in [-0.4, -0.2) is 30.1 Å². The molecule has 1 aromatic carbocycles. The van der Waals surface area contributed by atoms with Crippen molar-refractivity contribution in [2.24, 2.45) is 0 Å². The number of aromatic nitrogens is 1. The molecule has 3 heterocycles. The maximum absolute atomic E-state index is 12.4. The molecule has 7 nitrogen and oxygen atoms in total. The second-order valence-electron chi connectivity index (χ2n) is 5.29. The van der Waals surface area contributed by atoms with E-state index < -0.39 is 0 Å². The molecule has 3 aromatic rings. The molecule has 1 fully saturated rings. The van der Waals surface area contributed by atoms with Gasteiger partial charge >= 0.3 is 6.09 Å². The molecule has 0 atom stereocenters. The number of ether oxygens (including phenoxy) is 1. The van der Waals surface area contributed by atoms with Gasteiger partial charge < -0.3 is 14.5 Å². The second-order valence-corrected chi connectivity index (χ2v) is 6.14. The monoisotopic (exact) mass is 355 g/mol. The lowest BCUT2D eigenvalue weighted by atomic mass is 10.2. The summed E-state index contributed by atoms with van der Waals surface area (Å²) in [5, 5.41) is 5.11. The van der Waals surface area contributed by atoms with Gasteiger partial charge in [0, 0.05) is 16.8 Å². The Morgan fingerprint density at radius 2 is 2.20 bits per heavy atom. The van der Waals surface area contributed by atoms with Crippen LogP contribution in [0.5, 0.6) is 0 Å². The molecule has 0 unspecified atom stereocenters. The molecule has 4 rings (SSSR count). The number of rotatable bonds is 4. The highest BCUT2D eigenvalue weighted by atomic mass is 32.1. The van der Waals surface area contributed by atoms with Gasteiger partial charge in [-0.3, -0.25) is 9.69 Å². The number of anilines is 2. The number of cyclic esters (lactones) is 1.